The van der Waals surface area contributed by atoms with Crippen LogP contribution in [0.4, 0.5) is 5.69 Å². The van der Waals surface area contributed by atoms with E-state index in [2.05, 4.69) is 21.2 Å². The molecule has 1 aromatic heterocycles. The molecule has 2 heterocycles. The van der Waals surface area contributed by atoms with Crippen LogP contribution in [-0.2, 0) is 16.0 Å². The van der Waals surface area contributed by atoms with Crippen LogP contribution < -0.4 is 11.1 Å². The van der Waals surface area contributed by atoms with E-state index in [0.717, 1.165) is 31.4 Å². The maximum Gasteiger partial charge on any atom is 0.291 e. The SMILES string of the molecule is NC(=O)CCC1CCCN(C(=O)Cc2ccc(NC(=O)c3ccc(Br)o3)cc2)C1. The van der Waals surface area contributed by atoms with Crippen molar-refractivity contribution in [1.29, 1.82) is 0 Å². The molecule has 0 saturated carbocycles. The number of nitrogens with two attached hydrogens (primary N) is 1. The van der Waals surface area contributed by atoms with Gasteiger partial charge in [-0.05, 0) is 70.9 Å². The molecule has 7 nitrogen and oxygen atoms in total. The van der Waals surface area contributed by atoms with Crippen LogP contribution in [0.25, 0.3) is 0 Å². The number of halogens is 1. The molecule has 8 heteroatoms. The number of carbonyl (C=O) groups is 3. The number of nitrogens with zero attached hydrogens (tertiary/aromatic N) is 1. The van der Waals surface area contributed by atoms with Crippen molar-refractivity contribution in [2.45, 2.75) is 32.1 Å². The van der Waals surface area contributed by atoms with E-state index in [4.69, 9.17) is 10.2 Å². The van der Waals surface area contributed by atoms with Gasteiger partial charge in [0.15, 0.2) is 10.4 Å². The average Bonchev–Trinajstić information content (AvgIpc) is 3.14. The largest absolute Gasteiger partial charge is 0.444 e. The van der Waals surface area contributed by atoms with Crippen molar-refractivity contribution in [3.8, 4) is 0 Å². The molecule has 154 valence electrons. The smallest absolute Gasteiger partial charge is 0.291 e. The van der Waals surface area contributed by atoms with Gasteiger partial charge in [0.2, 0.25) is 11.8 Å². The average molecular weight is 462 g/mol. The summed E-state index contributed by atoms with van der Waals surface area (Å²) >= 11 is 3.17. The molecule has 3 rings (SSSR count). The van der Waals surface area contributed by atoms with Crippen molar-refractivity contribution in [3.05, 3.63) is 52.4 Å². The number of nitrogens with one attached hydrogen (secondary N) is 1. The van der Waals surface area contributed by atoms with Crippen LogP contribution in [0.3, 0.4) is 0 Å². The molecule has 3 N–H and O–H groups in total. The lowest BCUT2D eigenvalue weighted by Gasteiger charge is -2.32. The van der Waals surface area contributed by atoms with Crippen molar-refractivity contribution in [3.63, 3.8) is 0 Å². The zero-order valence-corrected chi connectivity index (χ0v) is 17.6. The van der Waals surface area contributed by atoms with Gasteiger partial charge in [-0.3, -0.25) is 14.4 Å². The maximum absolute atomic E-state index is 12.6. The Bertz CT molecular complexity index is 878. The van der Waals surface area contributed by atoms with E-state index in [1.54, 1.807) is 24.3 Å². The van der Waals surface area contributed by atoms with Gasteiger partial charge in [0.1, 0.15) is 0 Å². The second-order valence-electron chi connectivity index (χ2n) is 7.28. The van der Waals surface area contributed by atoms with Crippen LogP contribution in [0, 0.1) is 5.92 Å². The minimum atomic E-state index is -0.338. The van der Waals surface area contributed by atoms with Gasteiger partial charge in [0.25, 0.3) is 5.91 Å². The van der Waals surface area contributed by atoms with Gasteiger partial charge < -0.3 is 20.4 Å². The third-order valence-electron chi connectivity index (χ3n) is 5.03. The number of piperidine rings is 1. The van der Waals surface area contributed by atoms with Gasteiger partial charge in [-0.25, -0.2) is 0 Å². The fourth-order valence-corrected chi connectivity index (χ4v) is 3.80. The summed E-state index contributed by atoms with van der Waals surface area (Å²) in [7, 11) is 0. The highest BCUT2D eigenvalue weighted by atomic mass is 79.9. The first-order chi connectivity index (χ1) is 13.9. The van der Waals surface area contributed by atoms with Gasteiger partial charge in [-0.1, -0.05) is 12.1 Å². The molecule has 2 aromatic rings. The predicted molar refractivity (Wildman–Crippen MR) is 112 cm³/mol. The molecule has 0 aliphatic carbocycles. The number of furan rings is 1. The van der Waals surface area contributed by atoms with E-state index in [-0.39, 0.29) is 23.5 Å². The Hall–Kier alpha value is -2.61. The van der Waals surface area contributed by atoms with Gasteiger partial charge in [-0.15, -0.1) is 0 Å². The van der Waals surface area contributed by atoms with Gasteiger partial charge in [-0.2, -0.15) is 0 Å². The molecule has 0 bridgehead atoms. The molecule has 1 aliphatic rings. The minimum absolute atomic E-state index is 0.0750. The number of anilines is 1. The molecular formula is C21H24BrN3O4. The quantitative estimate of drug-likeness (QED) is 0.659. The Balaban J connectivity index is 1.51. The Morgan fingerprint density at radius 2 is 1.93 bits per heavy atom. The summed E-state index contributed by atoms with van der Waals surface area (Å²) in [5.41, 5.74) is 6.74. The van der Waals surface area contributed by atoms with Crippen LogP contribution in [0.15, 0.2) is 45.5 Å². The molecule has 1 fully saturated rings. The number of likely N-dealkylation sites (tertiary alicyclic amines) is 1. The van der Waals surface area contributed by atoms with E-state index in [9.17, 15) is 14.4 Å². The molecule has 1 aliphatic heterocycles. The molecule has 0 radical (unpaired) electrons. The predicted octanol–water partition coefficient (Wildman–Crippen LogP) is 3.34. The fourth-order valence-electron chi connectivity index (χ4n) is 3.49. The van der Waals surface area contributed by atoms with Crippen molar-refractivity contribution >= 4 is 39.3 Å². The zero-order valence-electron chi connectivity index (χ0n) is 16.0. The monoisotopic (exact) mass is 461 g/mol. The Labute approximate surface area is 177 Å². The molecule has 1 aromatic carbocycles. The number of hydrogen-bond donors (Lipinski definition) is 2. The number of primary amides is 1. The van der Waals surface area contributed by atoms with Gasteiger partial charge >= 0.3 is 0 Å². The summed E-state index contributed by atoms with van der Waals surface area (Å²) < 4.78 is 5.72. The lowest BCUT2D eigenvalue weighted by Crippen LogP contribution is -2.40. The maximum atomic E-state index is 12.6. The highest BCUT2D eigenvalue weighted by Gasteiger charge is 2.23. The summed E-state index contributed by atoms with van der Waals surface area (Å²) in [6.07, 6.45) is 3.39. The van der Waals surface area contributed by atoms with Crippen LogP contribution in [0.5, 0.6) is 0 Å². The van der Waals surface area contributed by atoms with Crippen molar-refractivity contribution in [2.75, 3.05) is 18.4 Å². The molecule has 1 unspecified atom stereocenters. The fraction of sp³-hybridized carbons (Fsp3) is 0.381. The third-order valence-corrected chi connectivity index (χ3v) is 5.46. The summed E-state index contributed by atoms with van der Waals surface area (Å²) in [6.45, 7) is 1.43. The second kappa shape index (κ2) is 9.73. The Kier molecular flexibility index (Phi) is 7.09. The van der Waals surface area contributed by atoms with E-state index < -0.39 is 0 Å². The van der Waals surface area contributed by atoms with Crippen molar-refractivity contribution in [1.82, 2.24) is 4.90 Å². The lowest BCUT2D eigenvalue weighted by molar-refractivity contribution is -0.132. The Morgan fingerprint density at radius 3 is 2.59 bits per heavy atom. The number of hydrogen-bond acceptors (Lipinski definition) is 4. The normalized spacial score (nSPS) is 16.4. The molecule has 29 heavy (non-hydrogen) atoms. The van der Waals surface area contributed by atoms with E-state index in [1.165, 1.54) is 0 Å². The van der Waals surface area contributed by atoms with E-state index in [0.29, 0.717) is 35.7 Å². The van der Waals surface area contributed by atoms with Crippen LogP contribution in [0.1, 0.15) is 41.8 Å². The highest BCUT2D eigenvalue weighted by molar-refractivity contribution is 9.10. The number of rotatable bonds is 7. The topological polar surface area (TPSA) is 106 Å². The molecule has 1 atom stereocenters. The highest BCUT2D eigenvalue weighted by Crippen LogP contribution is 2.22. The first-order valence-electron chi connectivity index (χ1n) is 9.62. The molecule has 1 saturated heterocycles. The lowest BCUT2D eigenvalue weighted by atomic mass is 9.93. The molecule has 0 spiro atoms. The standard InChI is InChI=1S/C21H24BrN3O4/c22-18-9-8-17(29-18)21(28)24-16-6-3-14(4-7-16)12-20(27)25-11-1-2-15(13-25)5-10-19(23)26/h3-4,6-9,15H,1-2,5,10-13H2,(H2,23,26)(H,24,28). The Morgan fingerprint density at radius 1 is 1.17 bits per heavy atom. The third kappa shape index (κ3) is 6.19. The number of benzene rings is 1. The molecular weight excluding hydrogens is 438 g/mol. The first kappa shape index (κ1) is 21.1. The summed E-state index contributed by atoms with van der Waals surface area (Å²) in [4.78, 5) is 37.6. The van der Waals surface area contributed by atoms with Crippen LogP contribution >= 0.6 is 15.9 Å². The second-order valence-corrected chi connectivity index (χ2v) is 8.07. The van der Waals surface area contributed by atoms with Gasteiger partial charge in [0.05, 0.1) is 6.42 Å². The van der Waals surface area contributed by atoms with Crippen molar-refractivity contribution < 1.29 is 18.8 Å². The number of amides is 3. The summed E-state index contributed by atoms with van der Waals surface area (Å²) in [5, 5.41) is 2.76. The van der Waals surface area contributed by atoms with E-state index >= 15 is 0 Å². The van der Waals surface area contributed by atoms with E-state index in [1.807, 2.05) is 17.0 Å². The summed E-state index contributed by atoms with van der Waals surface area (Å²) in [6, 6.07) is 10.4. The molecule has 3 amide bonds. The van der Waals surface area contributed by atoms with Crippen LogP contribution in [0.2, 0.25) is 0 Å². The minimum Gasteiger partial charge on any atom is -0.444 e. The first-order valence-corrected chi connectivity index (χ1v) is 10.4. The zero-order chi connectivity index (χ0) is 20.8. The van der Waals surface area contributed by atoms with Crippen LogP contribution in [-0.4, -0.2) is 35.7 Å². The number of carbonyl (C=O) groups excluding carboxylic acids is 3. The summed E-state index contributed by atoms with van der Waals surface area (Å²) in [5.74, 6) is -0.00676. The van der Waals surface area contributed by atoms with Gasteiger partial charge in [0, 0.05) is 25.2 Å². The van der Waals surface area contributed by atoms with Crippen molar-refractivity contribution in [2.24, 2.45) is 11.7 Å².